The molecule has 1 aromatic heterocycles. The average molecular weight is 387 g/mol. The van der Waals surface area contributed by atoms with E-state index in [1.165, 1.54) is 0 Å². The first-order valence-corrected chi connectivity index (χ1v) is 9.04. The molecular weight excluding hydrogens is 360 g/mol. The van der Waals surface area contributed by atoms with E-state index >= 15 is 0 Å². The van der Waals surface area contributed by atoms with E-state index in [-0.39, 0.29) is 18.2 Å². The third-order valence-electron chi connectivity index (χ3n) is 3.95. The van der Waals surface area contributed by atoms with Crippen molar-refractivity contribution in [2.24, 2.45) is 0 Å². The number of carbonyl (C=O) groups excluding carboxylic acids is 1. The monoisotopic (exact) mass is 386 g/mol. The minimum atomic E-state index is -0.441. The zero-order valence-electron chi connectivity index (χ0n) is 14.4. The Hall–Kier alpha value is -1.01. The molecule has 23 heavy (non-hydrogen) atoms. The molecule has 0 aliphatic carbocycles. The smallest absolute Gasteiger partial charge is 0.410 e. The lowest BCUT2D eigenvalue weighted by atomic mass is 10.1. The van der Waals surface area contributed by atoms with Crippen LogP contribution in [0.15, 0.2) is 21.2 Å². The molecule has 0 bridgehead atoms. The van der Waals surface area contributed by atoms with Gasteiger partial charge in [-0.2, -0.15) is 0 Å². The second-order valence-electron chi connectivity index (χ2n) is 7.08. The van der Waals surface area contributed by atoms with Gasteiger partial charge in [0.05, 0.1) is 6.04 Å². The molecule has 2 unspecified atom stereocenters. The van der Waals surface area contributed by atoms with Crippen molar-refractivity contribution in [1.82, 2.24) is 10.2 Å². The summed E-state index contributed by atoms with van der Waals surface area (Å²) in [6, 6.07) is 4.27. The van der Waals surface area contributed by atoms with Gasteiger partial charge in [-0.1, -0.05) is 0 Å². The van der Waals surface area contributed by atoms with Crippen LogP contribution >= 0.6 is 15.9 Å². The molecule has 1 saturated heterocycles. The number of halogens is 1. The lowest BCUT2D eigenvalue weighted by Gasteiger charge is -2.29. The highest BCUT2D eigenvalue weighted by molar-refractivity contribution is 9.10. The van der Waals surface area contributed by atoms with Gasteiger partial charge in [-0.05, 0) is 81.6 Å². The maximum absolute atomic E-state index is 12.3. The van der Waals surface area contributed by atoms with Gasteiger partial charge in [0.2, 0.25) is 0 Å². The lowest BCUT2D eigenvalue weighted by molar-refractivity contribution is 0.0220. The molecule has 0 aromatic carbocycles. The minimum Gasteiger partial charge on any atom is -0.453 e. The van der Waals surface area contributed by atoms with Crippen LogP contribution in [0.1, 0.15) is 58.8 Å². The molecule has 1 aliphatic heterocycles. The minimum absolute atomic E-state index is 0.151. The molecule has 0 radical (unpaired) electrons. The molecule has 2 rings (SSSR count). The summed E-state index contributed by atoms with van der Waals surface area (Å²) in [6.45, 7) is 9.41. The number of likely N-dealkylation sites (tertiary alicyclic amines) is 1. The Labute approximate surface area is 146 Å². The number of hydrogen-bond donors (Lipinski definition) is 1. The first kappa shape index (κ1) is 18.3. The largest absolute Gasteiger partial charge is 0.453 e. The van der Waals surface area contributed by atoms with Crippen molar-refractivity contribution < 1.29 is 13.9 Å². The number of furan rings is 1. The summed E-state index contributed by atoms with van der Waals surface area (Å²) in [6.07, 6.45) is 2.82. The quantitative estimate of drug-likeness (QED) is 0.809. The van der Waals surface area contributed by atoms with Gasteiger partial charge in [0.1, 0.15) is 11.4 Å². The average Bonchev–Trinajstić information content (AvgIpc) is 3.05. The van der Waals surface area contributed by atoms with Gasteiger partial charge in [0.15, 0.2) is 4.67 Å². The summed E-state index contributed by atoms with van der Waals surface area (Å²) < 4.78 is 11.8. The van der Waals surface area contributed by atoms with Gasteiger partial charge in [-0.25, -0.2) is 4.79 Å². The molecule has 5 nitrogen and oxygen atoms in total. The topological polar surface area (TPSA) is 54.7 Å². The third kappa shape index (κ3) is 5.53. The van der Waals surface area contributed by atoms with Gasteiger partial charge in [-0.3, -0.25) is 0 Å². The molecule has 0 saturated carbocycles. The van der Waals surface area contributed by atoms with Crippen molar-refractivity contribution in [1.29, 1.82) is 0 Å². The summed E-state index contributed by atoms with van der Waals surface area (Å²) in [5.74, 6) is 0.910. The molecule has 1 fully saturated rings. The fraction of sp³-hybridized carbons (Fsp3) is 0.706. The number of rotatable bonds is 5. The van der Waals surface area contributed by atoms with Crippen molar-refractivity contribution >= 4 is 22.0 Å². The molecule has 0 spiro atoms. The molecule has 2 atom stereocenters. The van der Waals surface area contributed by atoms with Crippen LogP contribution in [0, 0.1) is 0 Å². The first-order valence-electron chi connectivity index (χ1n) is 8.24. The van der Waals surface area contributed by atoms with E-state index in [1.54, 1.807) is 0 Å². The zero-order valence-corrected chi connectivity index (χ0v) is 16.0. The van der Waals surface area contributed by atoms with Crippen molar-refractivity contribution in [3.05, 3.63) is 22.6 Å². The van der Waals surface area contributed by atoms with E-state index in [1.807, 2.05) is 37.8 Å². The Bertz CT molecular complexity index is 524. The molecule has 1 aliphatic rings. The third-order valence-corrected chi connectivity index (χ3v) is 4.38. The van der Waals surface area contributed by atoms with Crippen LogP contribution in [0.25, 0.3) is 0 Å². The van der Waals surface area contributed by atoms with Crippen LogP contribution in [0.5, 0.6) is 0 Å². The summed E-state index contributed by atoms with van der Waals surface area (Å²) in [5, 5.41) is 3.45. The second-order valence-corrected chi connectivity index (χ2v) is 7.86. The van der Waals surface area contributed by atoms with Gasteiger partial charge < -0.3 is 19.4 Å². The number of amides is 1. The fourth-order valence-corrected chi connectivity index (χ4v) is 3.14. The predicted octanol–water partition coefficient (Wildman–Crippen LogP) is 4.48. The van der Waals surface area contributed by atoms with Crippen molar-refractivity contribution in [3.8, 4) is 0 Å². The van der Waals surface area contributed by atoms with E-state index < -0.39 is 5.60 Å². The number of hydrogen-bond acceptors (Lipinski definition) is 4. The van der Waals surface area contributed by atoms with Crippen LogP contribution in [0.4, 0.5) is 4.79 Å². The van der Waals surface area contributed by atoms with Crippen molar-refractivity contribution in [2.45, 2.75) is 64.6 Å². The normalized spacial score (nSPS) is 19.9. The Morgan fingerprint density at radius 2 is 2.26 bits per heavy atom. The summed E-state index contributed by atoms with van der Waals surface area (Å²) in [4.78, 5) is 14.1. The summed E-state index contributed by atoms with van der Waals surface area (Å²) in [7, 11) is 0. The van der Waals surface area contributed by atoms with E-state index in [0.717, 1.165) is 42.8 Å². The molecule has 6 heteroatoms. The van der Waals surface area contributed by atoms with Gasteiger partial charge in [0.25, 0.3) is 0 Å². The molecule has 1 N–H and O–H groups in total. The highest BCUT2D eigenvalue weighted by Crippen LogP contribution is 2.24. The summed E-state index contributed by atoms with van der Waals surface area (Å²) >= 11 is 3.32. The molecule has 130 valence electrons. The van der Waals surface area contributed by atoms with Crippen LogP contribution in [0.2, 0.25) is 0 Å². The van der Waals surface area contributed by atoms with E-state index in [9.17, 15) is 4.79 Å². The second kappa shape index (κ2) is 7.71. The SMILES string of the molecule is CC(NCCC1CCCN1C(=O)OC(C)(C)C)c1ccc(Br)o1. The standard InChI is InChI=1S/C17H27BrN2O3/c1-12(14-7-8-15(18)22-14)19-10-9-13-6-5-11-20(13)16(21)23-17(2,3)4/h7-8,12-13,19H,5-6,9-11H2,1-4H3. The molecular formula is C17H27BrN2O3. The Morgan fingerprint density at radius 3 is 2.87 bits per heavy atom. The van der Waals surface area contributed by atoms with E-state index in [2.05, 4.69) is 28.2 Å². The highest BCUT2D eigenvalue weighted by Gasteiger charge is 2.31. The number of ether oxygens (including phenoxy) is 1. The Kier molecular flexibility index (Phi) is 6.14. The zero-order chi connectivity index (χ0) is 17.0. The molecule has 1 aromatic rings. The molecule has 1 amide bonds. The van der Waals surface area contributed by atoms with Crippen LogP contribution in [-0.2, 0) is 4.74 Å². The number of carbonyl (C=O) groups is 1. The molecule has 2 heterocycles. The highest BCUT2D eigenvalue weighted by atomic mass is 79.9. The van der Waals surface area contributed by atoms with Crippen LogP contribution in [-0.4, -0.2) is 35.7 Å². The maximum atomic E-state index is 12.3. The Balaban J connectivity index is 1.79. The number of nitrogens with zero attached hydrogens (tertiary/aromatic N) is 1. The lowest BCUT2D eigenvalue weighted by Crippen LogP contribution is -2.41. The Morgan fingerprint density at radius 1 is 1.52 bits per heavy atom. The van der Waals surface area contributed by atoms with Crippen LogP contribution < -0.4 is 5.32 Å². The van der Waals surface area contributed by atoms with Gasteiger partial charge >= 0.3 is 6.09 Å². The van der Waals surface area contributed by atoms with Gasteiger partial charge in [0, 0.05) is 12.6 Å². The maximum Gasteiger partial charge on any atom is 0.410 e. The van der Waals surface area contributed by atoms with Crippen molar-refractivity contribution in [2.75, 3.05) is 13.1 Å². The fourth-order valence-electron chi connectivity index (χ4n) is 2.82. The predicted molar refractivity (Wildman–Crippen MR) is 93.4 cm³/mol. The van der Waals surface area contributed by atoms with E-state index in [0.29, 0.717) is 0 Å². The summed E-state index contributed by atoms with van der Waals surface area (Å²) in [5.41, 5.74) is -0.441. The van der Waals surface area contributed by atoms with Crippen molar-refractivity contribution in [3.63, 3.8) is 0 Å². The first-order chi connectivity index (χ1) is 10.8. The number of nitrogens with one attached hydrogen (secondary N) is 1. The van der Waals surface area contributed by atoms with Gasteiger partial charge in [-0.15, -0.1) is 0 Å². The van der Waals surface area contributed by atoms with E-state index in [4.69, 9.17) is 9.15 Å². The van der Waals surface area contributed by atoms with Crippen LogP contribution in [0.3, 0.4) is 0 Å².